The minimum Gasteiger partial charge on any atom is -0.391 e. The maximum atomic E-state index is 13.4. The molecule has 4 heteroatoms. The summed E-state index contributed by atoms with van der Waals surface area (Å²) in [6, 6.07) is 4.79. The van der Waals surface area contributed by atoms with E-state index in [0.717, 1.165) is 18.7 Å². The number of likely N-dealkylation sites (tertiary alicyclic amines) is 1. The predicted octanol–water partition coefficient (Wildman–Crippen LogP) is 3.37. The molecule has 1 unspecified atom stereocenters. The second kappa shape index (κ2) is 5.90. The molecule has 19 heavy (non-hydrogen) atoms. The number of hydrogen-bond acceptors (Lipinski definition) is 2. The fourth-order valence-electron chi connectivity index (χ4n) is 2.71. The van der Waals surface area contributed by atoms with E-state index >= 15 is 0 Å². The number of rotatable bonds is 4. The SMILES string of the molecule is CC(C)(C(O)Cc1cc(F)cc(Br)c1)N1CCCC1. The molecule has 1 N–H and O–H groups in total. The molecule has 0 radical (unpaired) electrons. The molecule has 0 aromatic heterocycles. The van der Waals surface area contributed by atoms with E-state index in [4.69, 9.17) is 0 Å². The zero-order chi connectivity index (χ0) is 14.0. The summed E-state index contributed by atoms with van der Waals surface area (Å²) in [6.45, 7) is 6.21. The zero-order valence-electron chi connectivity index (χ0n) is 11.5. The van der Waals surface area contributed by atoms with Gasteiger partial charge in [0.2, 0.25) is 0 Å². The lowest BCUT2D eigenvalue weighted by atomic mass is 9.90. The van der Waals surface area contributed by atoms with Gasteiger partial charge in [0.1, 0.15) is 5.82 Å². The van der Waals surface area contributed by atoms with Crippen LogP contribution < -0.4 is 0 Å². The summed E-state index contributed by atoms with van der Waals surface area (Å²) >= 11 is 3.29. The number of halogens is 2. The fraction of sp³-hybridized carbons (Fsp3) is 0.600. The summed E-state index contributed by atoms with van der Waals surface area (Å²) < 4.78 is 14.1. The van der Waals surface area contributed by atoms with Crippen LogP contribution in [0.4, 0.5) is 4.39 Å². The smallest absolute Gasteiger partial charge is 0.124 e. The van der Waals surface area contributed by atoms with Gasteiger partial charge in [-0.1, -0.05) is 15.9 Å². The number of hydrogen-bond donors (Lipinski definition) is 1. The van der Waals surface area contributed by atoms with Crippen LogP contribution in [0, 0.1) is 5.82 Å². The lowest BCUT2D eigenvalue weighted by Gasteiger charge is -2.39. The highest BCUT2D eigenvalue weighted by Crippen LogP contribution is 2.27. The Hall–Kier alpha value is -0.450. The van der Waals surface area contributed by atoms with Gasteiger partial charge in [-0.15, -0.1) is 0 Å². The molecule has 1 atom stereocenters. The summed E-state index contributed by atoms with van der Waals surface area (Å²) in [5.74, 6) is -0.268. The van der Waals surface area contributed by atoms with Crippen LogP contribution in [-0.4, -0.2) is 34.7 Å². The first-order chi connectivity index (χ1) is 8.89. The Morgan fingerprint density at radius 2 is 1.95 bits per heavy atom. The Morgan fingerprint density at radius 3 is 2.53 bits per heavy atom. The van der Waals surface area contributed by atoms with Gasteiger partial charge in [-0.3, -0.25) is 4.90 Å². The van der Waals surface area contributed by atoms with E-state index in [2.05, 4.69) is 34.7 Å². The van der Waals surface area contributed by atoms with Crippen LogP contribution in [0.15, 0.2) is 22.7 Å². The highest BCUT2D eigenvalue weighted by Gasteiger charge is 2.35. The first kappa shape index (κ1) is 14.9. The van der Waals surface area contributed by atoms with Gasteiger partial charge >= 0.3 is 0 Å². The summed E-state index contributed by atoms with van der Waals surface area (Å²) in [7, 11) is 0. The Kier molecular flexibility index (Phi) is 4.64. The maximum Gasteiger partial charge on any atom is 0.124 e. The third-order valence-corrected chi connectivity index (χ3v) is 4.55. The molecule has 1 aromatic rings. The molecule has 106 valence electrons. The van der Waals surface area contributed by atoms with Gasteiger partial charge in [0.15, 0.2) is 0 Å². The third kappa shape index (κ3) is 3.56. The first-order valence-corrected chi connectivity index (χ1v) is 7.57. The van der Waals surface area contributed by atoms with Gasteiger partial charge in [0, 0.05) is 16.4 Å². The van der Waals surface area contributed by atoms with E-state index in [-0.39, 0.29) is 11.4 Å². The largest absolute Gasteiger partial charge is 0.391 e. The van der Waals surface area contributed by atoms with Crippen LogP contribution in [0.3, 0.4) is 0 Å². The molecule has 2 nitrogen and oxygen atoms in total. The standard InChI is InChI=1S/C15H21BrFNO/c1-15(2,18-5-3-4-6-18)14(19)9-11-7-12(16)10-13(17)8-11/h7-8,10,14,19H,3-6,9H2,1-2H3. The van der Waals surface area contributed by atoms with Crippen molar-refractivity contribution in [3.63, 3.8) is 0 Å². The predicted molar refractivity (Wildman–Crippen MR) is 78.7 cm³/mol. The summed E-state index contributed by atoms with van der Waals surface area (Å²) in [5, 5.41) is 10.5. The van der Waals surface area contributed by atoms with Crippen LogP contribution >= 0.6 is 15.9 Å². The van der Waals surface area contributed by atoms with E-state index in [1.807, 2.05) is 6.07 Å². The molecule has 1 saturated heterocycles. The van der Waals surface area contributed by atoms with Gasteiger partial charge in [0.05, 0.1) is 6.10 Å². The molecule has 0 aliphatic carbocycles. The average molecular weight is 330 g/mol. The van der Waals surface area contributed by atoms with Crippen LogP contribution in [0.5, 0.6) is 0 Å². The van der Waals surface area contributed by atoms with E-state index in [1.54, 1.807) is 0 Å². The molecule has 1 aliphatic heterocycles. The van der Waals surface area contributed by atoms with Crippen molar-refractivity contribution < 1.29 is 9.50 Å². The summed E-state index contributed by atoms with van der Waals surface area (Å²) in [4.78, 5) is 2.33. The lowest BCUT2D eigenvalue weighted by molar-refractivity contribution is 0.00334. The first-order valence-electron chi connectivity index (χ1n) is 6.77. The average Bonchev–Trinajstić information content (AvgIpc) is 2.80. The van der Waals surface area contributed by atoms with Crippen molar-refractivity contribution in [3.8, 4) is 0 Å². The molecule has 1 heterocycles. The number of aliphatic hydroxyl groups is 1. The Bertz CT molecular complexity index is 424. The molecular weight excluding hydrogens is 309 g/mol. The molecule has 0 bridgehead atoms. The van der Waals surface area contributed by atoms with Gasteiger partial charge < -0.3 is 5.11 Å². The highest BCUT2D eigenvalue weighted by molar-refractivity contribution is 9.10. The molecule has 1 fully saturated rings. The van der Waals surface area contributed by atoms with Crippen molar-refractivity contribution in [1.29, 1.82) is 0 Å². The molecule has 1 aromatic carbocycles. The normalized spacial score (nSPS) is 18.8. The van der Waals surface area contributed by atoms with Crippen LogP contribution in [0.25, 0.3) is 0 Å². The van der Waals surface area contributed by atoms with Crippen LogP contribution in [-0.2, 0) is 6.42 Å². The monoisotopic (exact) mass is 329 g/mol. The fourth-order valence-corrected chi connectivity index (χ4v) is 3.22. The van der Waals surface area contributed by atoms with E-state index in [9.17, 15) is 9.50 Å². The minimum atomic E-state index is -0.501. The number of nitrogens with zero attached hydrogens (tertiary/aromatic N) is 1. The Balaban J connectivity index is 2.08. The van der Waals surface area contributed by atoms with Crippen molar-refractivity contribution in [3.05, 3.63) is 34.1 Å². The highest BCUT2D eigenvalue weighted by atomic mass is 79.9. The zero-order valence-corrected chi connectivity index (χ0v) is 13.1. The van der Waals surface area contributed by atoms with Crippen LogP contribution in [0.2, 0.25) is 0 Å². The minimum absolute atomic E-state index is 0.268. The molecule has 0 spiro atoms. The van der Waals surface area contributed by atoms with Crippen LogP contribution in [0.1, 0.15) is 32.3 Å². The summed E-state index contributed by atoms with van der Waals surface area (Å²) in [5.41, 5.74) is 0.557. The quantitative estimate of drug-likeness (QED) is 0.915. The van der Waals surface area contributed by atoms with Crippen molar-refractivity contribution in [2.45, 2.75) is 44.8 Å². The molecule has 1 aliphatic rings. The van der Waals surface area contributed by atoms with Crippen molar-refractivity contribution >= 4 is 15.9 Å². The Morgan fingerprint density at radius 1 is 1.32 bits per heavy atom. The third-order valence-electron chi connectivity index (χ3n) is 4.09. The molecule has 0 saturated carbocycles. The van der Waals surface area contributed by atoms with E-state index in [0.29, 0.717) is 10.9 Å². The second-order valence-electron chi connectivity index (χ2n) is 5.85. The second-order valence-corrected chi connectivity index (χ2v) is 6.76. The topological polar surface area (TPSA) is 23.5 Å². The Labute approximate surface area is 122 Å². The van der Waals surface area contributed by atoms with Crippen molar-refractivity contribution in [2.24, 2.45) is 0 Å². The van der Waals surface area contributed by atoms with E-state index in [1.165, 1.54) is 25.0 Å². The molecule has 2 rings (SSSR count). The van der Waals surface area contributed by atoms with Gasteiger partial charge in [0.25, 0.3) is 0 Å². The van der Waals surface area contributed by atoms with Crippen molar-refractivity contribution in [1.82, 2.24) is 4.90 Å². The molecular formula is C15H21BrFNO. The van der Waals surface area contributed by atoms with Crippen molar-refractivity contribution in [2.75, 3.05) is 13.1 Å². The lowest BCUT2D eigenvalue weighted by Crippen LogP contribution is -2.51. The maximum absolute atomic E-state index is 13.4. The van der Waals surface area contributed by atoms with Gasteiger partial charge in [-0.2, -0.15) is 0 Å². The molecule has 0 amide bonds. The van der Waals surface area contributed by atoms with Gasteiger partial charge in [-0.05, 0) is 63.5 Å². The van der Waals surface area contributed by atoms with E-state index < -0.39 is 6.10 Å². The summed E-state index contributed by atoms with van der Waals surface area (Å²) in [6.07, 6.45) is 2.36. The van der Waals surface area contributed by atoms with Gasteiger partial charge in [-0.25, -0.2) is 4.39 Å². The number of aliphatic hydroxyl groups excluding tert-OH is 1. The number of benzene rings is 1.